The van der Waals surface area contributed by atoms with Gasteiger partial charge in [0.25, 0.3) is 5.91 Å². The van der Waals surface area contributed by atoms with Gasteiger partial charge in [-0.1, -0.05) is 0 Å². The van der Waals surface area contributed by atoms with Crippen LogP contribution in [0.4, 0.5) is 0 Å². The van der Waals surface area contributed by atoms with Crippen molar-refractivity contribution in [2.75, 3.05) is 21.3 Å². The Morgan fingerprint density at radius 3 is 2.12 bits per heavy atom. The fourth-order valence-corrected chi connectivity index (χ4v) is 2.53. The molecule has 0 aromatic heterocycles. The van der Waals surface area contributed by atoms with Gasteiger partial charge in [-0.05, 0) is 22.0 Å². The summed E-state index contributed by atoms with van der Waals surface area (Å²) in [4.78, 5) is 34.1. The van der Waals surface area contributed by atoms with E-state index in [0.717, 1.165) is 0 Å². The van der Waals surface area contributed by atoms with Crippen molar-refractivity contribution in [2.45, 2.75) is 12.5 Å². The van der Waals surface area contributed by atoms with Gasteiger partial charge in [0.1, 0.15) is 6.04 Å². The van der Waals surface area contributed by atoms with Crippen molar-refractivity contribution in [1.82, 2.24) is 5.32 Å². The largest absolute Gasteiger partial charge is 0.493 e. The second-order valence-corrected chi connectivity index (χ2v) is 5.26. The smallest absolute Gasteiger partial charge is 0.326 e. The molecule has 0 saturated carbocycles. The van der Waals surface area contributed by atoms with E-state index >= 15 is 0 Å². The van der Waals surface area contributed by atoms with E-state index < -0.39 is 30.3 Å². The van der Waals surface area contributed by atoms with Crippen molar-refractivity contribution in [1.29, 1.82) is 0 Å². The average Bonchev–Trinajstić information content (AvgIpc) is 2.52. The van der Waals surface area contributed by atoms with Gasteiger partial charge in [0.05, 0.1) is 37.8 Å². The molecule has 9 nitrogen and oxygen atoms in total. The Hall–Kier alpha value is -2.49. The molecule has 132 valence electrons. The van der Waals surface area contributed by atoms with E-state index in [1.165, 1.54) is 27.4 Å². The molecule has 1 amide bonds. The number of hydrogen-bond acceptors (Lipinski definition) is 6. The molecule has 0 fully saturated rings. The van der Waals surface area contributed by atoms with E-state index in [9.17, 15) is 14.4 Å². The molecule has 0 heterocycles. The zero-order valence-electron chi connectivity index (χ0n) is 13.1. The number of amides is 1. The first-order valence-corrected chi connectivity index (χ1v) is 7.30. The lowest BCUT2D eigenvalue weighted by Gasteiger charge is -2.18. The molecule has 0 aliphatic rings. The first-order chi connectivity index (χ1) is 11.3. The van der Waals surface area contributed by atoms with Crippen LogP contribution in [0.2, 0.25) is 0 Å². The second kappa shape index (κ2) is 8.39. The Balaban J connectivity index is 3.27. The first-order valence-electron chi connectivity index (χ1n) is 6.50. The molecule has 0 saturated heterocycles. The number of benzene rings is 1. The average molecular weight is 406 g/mol. The first kappa shape index (κ1) is 19.6. The fourth-order valence-electron chi connectivity index (χ4n) is 1.90. The molecule has 3 N–H and O–H groups in total. The van der Waals surface area contributed by atoms with Gasteiger partial charge < -0.3 is 29.7 Å². The highest BCUT2D eigenvalue weighted by atomic mass is 79.9. The molecule has 0 spiro atoms. The monoisotopic (exact) mass is 405 g/mol. The van der Waals surface area contributed by atoms with Crippen molar-refractivity contribution in [3.63, 3.8) is 0 Å². The second-order valence-electron chi connectivity index (χ2n) is 4.47. The van der Waals surface area contributed by atoms with Gasteiger partial charge in [-0.3, -0.25) is 9.59 Å². The van der Waals surface area contributed by atoms with Crippen molar-refractivity contribution in [3.05, 3.63) is 16.1 Å². The van der Waals surface area contributed by atoms with E-state index in [4.69, 9.17) is 24.4 Å². The summed E-state index contributed by atoms with van der Waals surface area (Å²) >= 11 is 3.19. The minimum atomic E-state index is -1.58. The summed E-state index contributed by atoms with van der Waals surface area (Å²) in [6.45, 7) is 0. The molecule has 0 bridgehead atoms. The van der Waals surface area contributed by atoms with Crippen molar-refractivity contribution >= 4 is 33.8 Å². The van der Waals surface area contributed by atoms with Gasteiger partial charge in [-0.2, -0.15) is 0 Å². The maximum Gasteiger partial charge on any atom is 0.326 e. The van der Waals surface area contributed by atoms with E-state index in [2.05, 4.69) is 21.2 Å². The molecule has 1 unspecified atom stereocenters. The number of nitrogens with one attached hydrogen (secondary N) is 1. The SMILES string of the molecule is COc1cc(C(=O)NC(CC(=O)O)C(=O)O)c(Br)c(OC)c1OC. The molecular formula is C14H16BrNO8. The van der Waals surface area contributed by atoms with Crippen LogP contribution in [0.1, 0.15) is 16.8 Å². The molecule has 24 heavy (non-hydrogen) atoms. The number of carboxylic acid groups (broad SMARTS) is 2. The van der Waals surface area contributed by atoms with Gasteiger partial charge in [-0.25, -0.2) is 4.79 Å². The van der Waals surface area contributed by atoms with Crippen molar-refractivity contribution in [2.24, 2.45) is 0 Å². The summed E-state index contributed by atoms with van der Waals surface area (Å²) < 4.78 is 15.7. The van der Waals surface area contributed by atoms with Crippen LogP contribution >= 0.6 is 15.9 Å². The molecule has 1 aromatic carbocycles. The van der Waals surface area contributed by atoms with E-state index in [-0.39, 0.29) is 27.3 Å². The summed E-state index contributed by atoms with van der Waals surface area (Å²) in [6.07, 6.45) is -0.761. The lowest BCUT2D eigenvalue weighted by atomic mass is 10.1. The third-order valence-electron chi connectivity index (χ3n) is 3.00. The summed E-state index contributed by atoms with van der Waals surface area (Å²) in [7, 11) is 4.10. The summed E-state index contributed by atoms with van der Waals surface area (Å²) in [5.41, 5.74) is 0.00105. The van der Waals surface area contributed by atoms with Gasteiger partial charge in [0.15, 0.2) is 11.5 Å². The van der Waals surface area contributed by atoms with Crippen LogP contribution in [0.3, 0.4) is 0 Å². The normalized spacial score (nSPS) is 11.3. The molecule has 1 atom stereocenters. The third kappa shape index (κ3) is 4.28. The zero-order valence-corrected chi connectivity index (χ0v) is 14.7. The minimum absolute atomic E-state index is 0.00105. The lowest BCUT2D eigenvalue weighted by Crippen LogP contribution is -2.42. The maximum atomic E-state index is 12.3. The summed E-state index contributed by atoms with van der Waals surface area (Å²) in [5, 5.41) is 19.9. The Bertz CT molecular complexity index is 661. The molecule has 10 heteroatoms. The van der Waals surface area contributed by atoms with Gasteiger partial charge in [0.2, 0.25) is 5.75 Å². The number of aliphatic carboxylic acids is 2. The van der Waals surface area contributed by atoms with Crippen LogP contribution in [0.15, 0.2) is 10.5 Å². The quantitative estimate of drug-likeness (QED) is 0.586. The van der Waals surface area contributed by atoms with E-state index in [0.29, 0.717) is 0 Å². The highest BCUT2D eigenvalue weighted by Gasteiger charge is 2.27. The van der Waals surface area contributed by atoms with Crippen LogP contribution in [-0.2, 0) is 9.59 Å². The predicted octanol–water partition coefficient (Wildman–Crippen LogP) is 1.13. The minimum Gasteiger partial charge on any atom is -0.493 e. The topological polar surface area (TPSA) is 131 Å². The number of carbonyl (C=O) groups is 3. The zero-order chi connectivity index (χ0) is 18.4. The molecular weight excluding hydrogens is 390 g/mol. The van der Waals surface area contributed by atoms with Crippen LogP contribution in [0.25, 0.3) is 0 Å². The van der Waals surface area contributed by atoms with Crippen LogP contribution in [-0.4, -0.2) is 55.4 Å². The van der Waals surface area contributed by atoms with E-state index in [1.54, 1.807) is 0 Å². The highest BCUT2D eigenvalue weighted by Crippen LogP contribution is 2.44. The third-order valence-corrected chi connectivity index (χ3v) is 3.78. The maximum absolute atomic E-state index is 12.3. The van der Waals surface area contributed by atoms with Crippen molar-refractivity contribution < 1.29 is 38.8 Å². The molecule has 1 rings (SSSR count). The number of methoxy groups -OCH3 is 3. The number of ether oxygens (including phenoxy) is 3. The van der Waals surface area contributed by atoms with Crippen LogP contribution in [0.5, 0.6) is 17.2 Å². The number of halogens is 1. The van der Waals surface area contributed by atoms with Crippen molar-refractivity contribution in [3.8, 4) is 17.2 Å². The number of carbonyl (C=O) groups excluding carboxylic acids is 1. The van der Waals surface area contributed by atoms with Gasteiger partial charge >= 0.3 is 11.9 Å². The molecule has 1 aromatic rings. The number of hydrogen-bond donors (Lipinski definition) is 3. The lowest BCUT2D eigenvalue weighted by molar-refractivity contribution is -0.145. The summed E-state index contributed by atoms with van der Waals surface area (Å²) in [6, 6.07) is -0.263. The predicted molar refractivity (Wildman–Crippen MR) is 84.9 cm³/mol. The standard InChI is InChI=1S/C14H16BrNO8/c1-22-8-4-6(10(15)12(24-3)11(8)23-2)13(19)16-7(14(20)21)5-9(17)18/h4,7H,5H2,1-3H3,(H,16,19)(H,17,18)(H,20,21). The van der Waals surface area contributed by atoms with Crippen LogP contribution < -0.4 is 19.5 Å². The van der Waals surface area contributed by atoms with Gasteiger partial charge in [-0.15, -0.1) is 0 Å². The Morgan fingerprint density at radius 1 is 1.12 bits per heavy atom. The van der Waals surface area contributed by atoms with E-state index in [1.807, 2.05) is 0 Å². The summed E-state index contributed by atoms with van der Waals surface area (Å²) in [5.74, 6) is -3.03. The Kier molecular flexibility index (Phi) is 6.83. The Morgan fingerprint density at radius 2 is 1.71 bits per heavy atom. The molecule has 0 aliphatic heterocycles. The van der Waals surface area contributed by atoms with Gasteiger partial charge in [0, 0.05) is 0 Å². The number of rotatable bonds is 8. The van der Waals surface area contributed by atoms with Crippen LogP contribution in [0, 0.1) is 0 Å². The highest BCUT2D eigenvalue weighted by molar-refractivity contribution is 9.10. The Labute approximate surface area is 145 Å². The fraction of sp³-hybridized carbons (Fsp3) is 0.357. The molecule has 0 aliphatic carbocycles. The number of carboxylic acids is 2. The molecule has 0 radical (unpaired) electrons.